The van der Waals surface area contributed by atoms with Crippen molar-refractivity contribution in [1.29, 1.82) is 0 Å². The molecule has 82 valence electrons. The first-order chi connectivity index (χ1) is 7.29. The Labute approximate surface area is 91.9 Å². The zero-order valence-corrected chi connectivity index (χ0v) is 10.1. The van der Waals surface area contributed by atoms with Crippen LogP contribution in [0.15, 0.2) is 24.4 Å². The smallest absolute Gasteiger partial charge is 0.0925 e. The summed E-state index contributed by atoms with van der Waals surface area (Å²) in [5.74, 6) is 0. The number of fused-ring (bicyclic) bond motifs is 1. The van der Waals surface area contributed by atoms with Crippen LogP contribution < -0.4 is 0 Å². The lowest BCUT2D eigenvalue weighted by Crippen LogP contribution is -1.85. The van der Waals surface area contributed by atoms with Gasteiger partial charge in [-0.15, -0.1) is 0 Å². The first-order valence-corrected chi connectivity index (χ1v) is 5.72. The summed E-state index contributed by atoms with van der Waals surface area (Å²) in [6, 6.07) is 6.51. The Morgan fingerprint density at radius 1 is 1.27 bits per heavy atom. The van der Waals surface area contributed by atoms with E-state index >= 15 is 0 Å². The van der Waals surface area contributed by atoms with E-state index < -0.39 is 0 Å². The van der Waals surface area contributed by atoms with Crippen molar-refractivity contribution in [3.05, 3.63) is 30.0 Å². The molecule has 2 heteroatoms. The Morgan fingerprint density at radius 3 is 2.67 bits per heavy atom. The molecule has 2 rings (SSSR count). The maximum absolute atomic E-state index is 4.37. The maximum atomic E-state index is 4.37. The molecule has 15 heavy (non-hydrogen) atoms. The molecule has 0 aliphatic heterocycles. The average molecular weight is 204 g/mol. The van der Waals surface area contributed by atoms with Crippen molar-refractivity contribution < 1.29 is 0 Å². The SMILES string of the molecule is CC.CCCc1ccc2cn(C)nc2c1. The normalized spacial score (nSPS) is 9.87. The summed E-state index contributed by atoms with van der Waals surface area (Å²) in [4.78, 5) is 0. The number of benzene rings is 1. The van der Waals surface area contributed by atoms with Crippen molar-refractivity contribution in [3.8, 4) is 0 Å². The van der Waals surface area contributed by atoms with Crippen LogP contribution in [-0.2, 0) is 13.5 Å². The van der Waals surface area contributed by atoms with E-state index in [-0.39, 0.29) is 0 Å². The van der Waals surface area contributed by atoms with Gasteiger partial charge in [0.15, 0.2) is 0 Å². The molecule has 0 radical (unpaired) electrons. The van der Waals surface area contributed by atoms with Crippen LogP contribution in [0.25, 0.3) is 10.9 Å². The molecule has 0 atom stereocenters. The van der Waals surface area contributed by atoms with Gasteiger partial charge >= 0.3 is 0 Å². The second-order valence-corrected chi connectivity index (χ2v) is 3.45. The number of rotatable bonds is 2. The van der Waals surface area contributed by atoms with Gasteiger partial charge in [-0.2, -0.15) is 5.10 Å². The molecule has 1 aromatic carbocycles. The highest BCUT2D eigenvalue weighted by atomic mass is 15.2. The van der Waals surface area contributed by atoms with E-state index in [4.69, 9.17) is 0 Å². The van der Waals surface area contributed by atoms with Crippen LogP contribution in [0.1, 0.15) is 32.8 Å². The highest BCUT2D eigenvalue weighted by Crippen LogP contribution is 2.14. The molecular formula is C13H20N2. The summed E-state index contributed by atoms with van der Waals surface area (Å²) in [5, 5.41) is 5.60. The van der Waals surface area contributed by atoms with Gasteiger partial charge in [0.05, 0.1) is 5.52 Å². The third-order valence-electron chi connectivity index (χ3n) is 2.22. The maximum Gasteiger partial charge on any atom is 0.0925 e. The predicted octanol–water partition coefficient (Wildman–Crippen LogP) is 3.55. The standard InChI is InChI=1S/C11H14N2.C2H6/c1-3-4-9-5-6-10-8-13(2)12-11(10)7-9;1-2/h5-8H,3-4H2,1-2H3;1-2H3. The molecule has 2 nitrogen and oxygen atoms in total. The van der Waals surface area contributed by atoms with Crippen molar-refractivity contribution in [2.45, 2.75) is 33.6 Å². The van der Waals surface area contributed by atoms with Gasteiger partial charge in [0.25, 0.3) is 0 Å². The molecule has 0 N–H and O–H groups in total. The zero-order valence-electron chi connectivity index (χ0n) is 10.1. The van der Waals surface area contributed by atoms with Crippen LogP contribution in [0.5, 0.6) is 0 Å². The highest BCUT2D eigenvalue weighted by Gasteiger charge is 1.98. The van der Waals surface area contributed by atoms with E-state index in [2.05, 4.69) is 30.2 Å². The summed E-state index contributed by atoms with van der Waals surface area (Å²) in [7, 11) is 1.96. The van der Waals surface area contributed by atoms with E-state index in [1.807, 2.05) is 31.8 Å². The van der Waals surface area contributed by atoms with E-state index in [1.54, 1.807) is 0 Å². The fourth-order valence-corrected chi connectivity index (χ4v) is 1.63. The van der Waals surface area contributed by atoms with Crippen LogP contribution in [0, 0.1) is 0 Å². The molecule has 0 fully saturated rings. The van der Waals surface area contributed by atoms with E-state index in [0.29, 0.717) is 0 Å². The van der Waals surface area contributed by atoms with Crippen molar-refractivity contribution in [1.82, 2.24) is 9.78 Å². The van der Waals surface area contributed by atoms with Crippen LogP contribution in [0.4, 0.5) is 0 Å². The molecule has 0 saturated heterocycles. The molecule has 1 aromatic heterocycles. The number of aromatic nitrogens is 2. The molecule has 0 aliphatic carbocycles. The molecule has 2 aromatic rings. The van der Waals surface area contributed by atoms with Gasteiger partial charge in [-0.25, -0.2) is 0 Å². The van der Waals surface area contributed by atoms with Gasteiger partial charge < -0.3 is 0 Å². The minimum absolute atomic E-state index is 1.11. The van der Waals surface area contributed by atoms with E-state index in [1.165, 1.54) is 17.4 Å². The molecule has 0 bridgehead atoms. The topological polar surface area (TPSA) is 17.8 Å². The van der Waals surface area contributed by atoms with Gasteiger partial charge in [-0.05, 0) is 18.1 Å². The monoisotopic (exact) mass is 204 g/mol. The number of hydrogen-bond donors (Lipinski definition) is 0. The lowest BCUT2D eigenvalue weighted by molar-refractivity contribution is 0.779. The predicted molar refractivity (Wildman–Crippen MR) is 66.1 cm³/mol. The summed E-state index contributed by atoms with van der Waals surface area (Å²) >= 11 is 0. The largest absolute Gasteiger partial charge is 0.275 e. The number of nitrogens with zero attached hydrogens (tertiary/aromatic N) is 2. The van der Waals surface area contributed by atoms with Crippen LogP contribution in [0.3, 0.4) is 0 Å². The highest BCUT2D eigenvalue weighted by molar-refractivity contribution is 5.78. The van der Waals surface area contributed by atoms with Crippen molar-refractivity contribution in [2.24, 2.45) is 7.05 Å². The third kappa shape index (κ3) is 2.82. The lowest BCUT2D eigenvalue weighted by atomic mass is 10.1. The first-order valence-electron chi connectivity index (χ1n) is 5.72. The molecular weight excluding hydrogens is 184 g/mol. The quantitative estimate of drug-likeness (QED) is 0.731. The fourth-order valence-electron chi connectivity index (χ4n) is 1.63. The summed E-state index contributed by atoms with van der Waals surface area (Å²) in [5.41, 5.74) is 2.49. The van der Waals surface area contributed by atoms with Crippen LogP contribution in [0.2, 0.25) is 0 Å². The van der Waals surface area contributed by atoms with Gasteiger partial charge in [0.2, 0.25) is 0 Å². The van der Waals surface area contributed by atoms with E-state index in [9.17, 15) is 0 Å². The number of aryl methyl sites for hydroxylation is 2. The van der Waals surface area contributed by atoms with Crippen molar-refractivity contribution in [2.75, 3.05) is 0 Å². The molecule has 1 heterocycles. The van der Waals surface area contributed by atoms with E-state index in [0.717, 1.165) is 11.9 Å². The lowest BCUT2D eigenvalue weighted by Gasteiger charge is -1.96. The van der Waals surface area contributed by atoms with Gasteiger partial charge in [-0.1, -0.05) is 39.3 Å². The van der Waals surface area contributed by atoms with Crippen LogP contribution in [-0.4, -0.2) is 9.78 Å². The average Bonchev–Trinajstić information content (AvgIpc) is 2.61. The second kappa shape index (κ2) is 5.54. The Bertz CT molecular complexity index is 415. The fraction of sp³-hybridized carbons (Fsp3) is 0.462. The zero-order chi connectivity index (χ0) is 11.3. The molecule has 0 saturated carbocycles. The molecule has 0 unspecified atom stereocenters. The molecule has 0 spiro atoms. The molecule has 0 amide bonds. The van der Waals surface area contributed by atoms with Gasteiger partial charge in [0, 0.05) is 18.6 Å². The Kier molecular flexibility index (Phi) is 4.35. The second-order valence-electron chi connectivity index (χ2n) is 3.45. The minimum atomic E-state index is 1.11. The van der Waals surface area contributed by atoms with Crippen molar-refractivity contribution in [3.63, 3.8) is 0 Å². The number of hydrogen-bond acceptors (Lipinski definition) is 1. The Morgan fingerprint density at radius 2 is 2.00 bits per heavy atom. The summed E-state index contributed by atoms with van der Waals surface area (Å²) < 4.78 is 1.86. The summed E-state index contributed by atoms with van der Waals surface area (Å²) in [6.45, 7) is 6.20. The Balaban J connectivity index is 0.000000531. The summed E-state index contributed by atoms with van der Waals surface area (Å²) in [6.07, 6.45) is 4.38. The Hall–Kier alpha value is -1.31. The van der Waals surface area contributed by atoms with Crippen LogP contribution >= 0.6 is 0 Å². The third-order valence-corrected chi connectivity index (χ3v) is 2.22. The minimum Gasteiger partial charge on any atom is -0.275 e. The van der Waals surface area contributed by atoms with Gasteiger partial charge in [-0.3, -0.25) is 4.68 Å². The van der Waals surface area contributed by atoms with Gasteiger partial charge in [0.1, 0.15) is 0 Å². The molecule has 0 aliphatic rings. The van der Waals surface area contributed by atoms with Crippen molar-refractivity contribution >= 4 is 10.9 Å². The first kappa shape index (κ1) is 11.8.